The third-order valence-corrected chi connectivity index (χ3v) is 7.19. The van der Waals surface area contributed by atoms with Crippen LogP contribution in [0.15, 0.2) is 18.2 Å². The minimum Gasteiger partial charge on any atom is -0.383 e. The summed E-state index contributed by atoms with van der Waals surface area (Å²) in [7, 11) is 1.65. The lowest BCUT2D eigenvalue weighted by Gasteiger charge is -2.23. The summed E-state index contributed by atoms with van der Waals surface area (Å²) < 4.78 is 53.5. The Balaban J connectivity index is 1.46. The molecule has 2 aromatic rings. The van der Waals surface area contributed by atoms with Gasteiger partial charge >= 0.3 is 6.18 Å². The number of carbonyl (C=O) groups excluding carboxylic acids is 1. The second kappa shape index (κ2) is 8.79. The summed E-state index contributed by atoms with van der Waals surface area (Å²) in [5.74, 6) is -0.320. The molecule has 33 heavy (non-hydrogen) atoms. The highest BCUT2D eigenvalue weighted by atomic mass is 35.5. The molecule has 1 aromatic heterocycles. The summed E-state index contributed by atoms with van der Waals surface area (Å²) in [5.41, 5.74) is 7.33. The molecule has 2 unspecified atom stereocenters. The molecule has 0 spiro atoms. The largest absolute Gasteiger partial charge is 0.403 e. The van der Waals surface area contributed by atoms with Gasteiger partial charge < -0.3 is 16.4 Å². The van der Waals surface area contributed by atoms with Crippen molar-refractivity contribution >= 4 is 29.0 Å². The molecule has 6 nitrogen and oxygen atoms in total. The molecule has 1 heterocycles. The molecule has 4 N–H and O–H groups in total. The van der Waals surface area contributed by atoms with Crippen LogP contribution in [0.4, 0.5) is 29.1 Å². The minimum absolute atomic E-state index is 0.0120. The Morgan fingerprint density at radius 2 is 1.88 bits per heavy atom. The number of nitrogen functional groups attached to an aromatic ring is 1. The number of hydrogen-bond donors (Lipinski definition) is 3. The summed E-state index contributed by atoms with van der Waals surface area (Å²) in [6.07, 6.45) is -1.45. The average Bonchev–Trinajstić information content (AvgIpc) is 3.36. The van der Waals surface area contributed by atoms with Crippen molar-refractivity contribution in [1.29, 1.82) is 0 Å². The van der Waals surface area contributed by atoms with Crippen molar-refractivity contribution in [2.45, 2.75) is 56.8 Å². The van der Waals surface area contributed by atoms with Gasteiger partial charge in [-0.25, -0.2) is 4.39 Å². The lowest BCUT2D eigenvalue weighted by atomic mass is 9.95. The molecule has 1 amide bonds. The van der Waals surface area contributed by atoms with Crippen molar-refractivity contribution in [2.75, 3.05) is 11.1 Å². The van der Waals surface area contributed by atoms with Crippen LogP contribution in [-0.2, 0) is 7.05 Å². The SMILES string of the molecule is C[C@@H](NC1CC2CC(c3nn(C)c(N)c3C(=O)Nc3ccc(F)c(Cl)c3)CC2C1)C(F)(F)F. The highest BCUT2D eigenvalue weighted by Crippen LogP contribution is 2.51. The van der Waals surface area contributed by atoms with E-state index in [0.717, 1.165) is 25.8 Å². The molecule has 2 saturated carbocycles. The van der Waals surface area contributed by atoms with Gasteiger partial charge in [0.1, 0.15) is 23.2 Å². The van der Waals surface area contributed by atoms with Crippen LogP contribution in [0.25, 0.3) is 0 Å². The number of carbonyl (C=O) groups is 1. The summed E-state index contributed by atoms with van der Waals surface area (Å²) in [5, 5.41) is 9.79. The minimum atomic E-state index is -4.26. The fourth-order valence-electron chi connectivity index (χ4n) is 5.27. The van der Waals surface area contributed by atoms with Crippen LogP contribution in [0.1, 0.15) is 54.6 Å². The first-order valence-corrected chi connectivity index (χ1v) is 11.2. The quantitative estimate of drug-likeness (QED) is 0.526. The van der Waals surface area contributed by atoms with Crippen molar-refractivity contribution in [3.05, 3.63) is 40.3 Å². The highest BCUT2D eigenvalue weighted by Gasteiger charge is 2.46. The first kappa shape index (κ1) is 23.8. The highest BCUT2D eigenvalue weighted by molar-refractivity contribution is 6.31. The number of hydrogen-bond acceptors (Lipinski definition) is 4. The van der Waals surface area contributed by atoms with Crippen LogP contribution in [0.5, 0.6) is 0 Å². The Labute approximate surface area is 193 Å². The van der Waals surface area contributed by atoms with Gasteiger partial charge in [-0.2, -0.15) is 18.3 Å². The number of fused-ring (bicyclic) bond motifs is 1. The number of benzene rings is 1. The topological polar surface area (TPSA) is 85.0 Å². The fraction of sp³-hybridized carbons (Fsp3) is 0.545. The van der Waals surface area contributed by atoms with Gasteiger partial charge in [-0.05, 0) is 62.6 Å². The molecule has 11 heteroatoms. The van der Waals surface area contributed by atoms with Crippen LogP contribution in [0.3, 0.4) is 0 Å². The van der Waals surface area contributed by atoms with Gasteiger partial charge in [0, 0.05) is 24.7 Å². The summed E-state index contributed by atoms with van der Waals surface area (Å²) in [6.45, 7) is 1.15. The Morgan fingerprint density at radius 3 is 2.45 bits per heavy atom. The number of anilines is 2. The molecular weight excluding hydrogens is 462 g/mol. The maximum absolute atomic E-state index is 13.4. The summed E-state index contributed by atoms with van der Waals surface area (Å²) in [6, 6.07) is 2.17. The van der Waals surface area contributed by atoms with E-state index in [2.05, 4.69) is 15.7 Å². The zero-order valence-electron chi connectivity index (χ0n) is 18.2. The lowest BCUT2D eigenvalue weighted by molar-refractivity contribution is -0.153. The number of nitrogens with zero attached hydrogens (tertiary/aromatic N) is 2. The molecule has 0 bridgehead atoms. The molecule has 2 aliphatic carbocycles. The van der Waals surface area contributed by atoms with Crippen LogP contribution in [-0.4, -0.2) is 33.9 Å². The van der Waals surface area contributed by atoms with Crippen LogP contribution in [0.2, 0.25) is 5.02 Å². The number of aryl methyl sites for hydroxylation is 1. The third-order valence-electron chi connectivity index (χ3n) is 6.90. The van der Waals surface area contributed by atoms with E-state index < -0.39 is 23.9 Å². The van der Waals surface area contributed by atoms with Gasteiger partial charge in [-0.3, -0.25) is 9.48 Å². The smallest absolute Gasteiger partial charge is 0.383 e. The lowest BCUT2D eigenvalue weighted by Crippen LogP contribution is -2.44. The van der Waals surface area contributed by atoms with E-state index in [1.165, 1.54) is 16.8 Å². The second-order valence-corrected chi connectivity index (χ2v) is 9.55. The van der Waals surface area contributed by atoms with Crippen molar-refractivity contribution in [3.63, 3.8) is 0 Å². The number of halogens is 5. The molecule has 180 valence electrons. The first-order valence-electron chi connectivity index (χ1n) is 10.9. The van der Waals surface area contributed by atoms with Crippen LogP contribution < -0.4 is 16.4 Å². The molecule has 0 radical (unpaired) electrons. The number of nitrogens with one attached hydrogen (secondary N) is 2. The van der Waals surface area contributed by atoms with Crippen molar-refractivity contribution in [3.8, 4) is 0 Å². The molecule has 1 aromatic carbocycles. The predicted molar refractivity (Wildman–Crippen MR) is 118 cm³/mol. The molecule has 4 rings (SSSR count). The number of aromatic nitrogens is 2. The monoisotopic (exact) mass is 487 g/mol. The Kier molecular flexibility index (Phi) is 6.34. The molecule has 0 saturated heterocycles. The van der Waals surface area contributed by atoms with Gasteiger partial charge in [0.25, 0.3) is 5.91 Å². The Bertz CT molecular complexity index is 1040. The zero-order chi connectivity index (χ0) is 24.1. The van der Waals surface area contributed by atoms with E-state index in [0.29, 0.717) is 24.2 Å². The maximum atomic E-state index is 13.4. The summed E-state index contributed by atoms with van der Waals surface area (Å²) in [4.78, 5) is 13.0. The molecule has 3 atom stereocenters. The van der Waals surface area contributed by atoms with E-state index in [-0.39, 0.29) is 40.2 Å². The van der Waals surface area contributed by atoms with Gasteiger partial charge in [-0.15, -0.1) is 0 Å². The summed E-state index contributed by atoms with van der Waals surface area (Å²) >= 11 is 5.80. The fourth-order valence-corrected chi connectivity index (χ4v) is 5.45. The van der Waals surface area contributed by atoms with E-state index in [9.17, 15) is 22.4 Å². The van der Waals surface area contributed by atoms with Gasteiger partial charge in [-0.1, -0.05) is 11.6 Å². The Morgan fingerprint density at radius 1 is 1.24 bits per heavy atom. The van der Waals surface area contributed by atoms with E-state index in [1.54, 1.807) is 7.05 Å². The zero-order valence-corrected chi connectivity index (χ0v) is 19.0. The van der Waals surface area contributed by atoms with E-state index in [1.807, 2.05) is 0 Å². The molecule has 2 aliphatic rings. The van der Waals surface area contributed by atoms with Gasteiger partial charge in [0.2, 0.25) is 0 Å². The van der Waals surface area contributed by atoms with Crippen molar-refractivity contribution in [1.82, 2.24) is 15.1 Å². The third kappa shape index (κ3) is 4.82. The Hall–Kier alpha value is -2.33. The normalized spacial score (nSPS) is 25.8. The average molecular weight is 488 g/mol. The maximum Gasteiger partial charge on any atom is 0.403 e. The van der Waals surface area contributed by atoms with Crippen LogP contribution in [0, 0.1) is 17.7 Å². The van der Waals surface area contributed by atoms with Gasteiger partial charge in [0.05, 0.1) is 10.7 Å². The van der Waals surface area contributed by atoms with Crippen molar-refractivity contribution in [2.24, 2.45) is 18.9 Å². The molecular formula is C22H26ClF4N5O. The molecule has 0 aliphatic heterocycles. The number of rotatable bonds is 5. The van der Waals surface area contributed by atoms with Gasteiger partial charge in [0.15, 0.2) is 0 Å². The van der Waals surface area contributed by atoms with E-state index >= 15 is 0 Å². The predicted octanol–water partition coefficient (Wildman–Crippen LogP) is 4.86. The number of alkyl halides is 3. The molecule has 2 fully saturated rings. The number of amides is 1. The van der Waals surface area contributed by atoms with E-state index in [4.69, 9.17) is 17.3 Å². The second-order valence-electron chi connectivity index (χ2n) is 9.14. The number of nitrogens with two attached hydrogens (primary N) is 1. The van der Waals surface area contributed by atoms with Crippen molar-refractivity contribution < 1.29 is 22.4 Å². The standard InChI is InChI=1S/C22H26ClF4N5O/c1-10(22(25,26)27)29-15-7-11-5-13(6-12(11)8-15)19-18(20(28)32(2)31-19)21(33)30-14-3-4-17(24)16(23)9-14/h3-4,9-13,15,29H,5-8,28H2,1-2H3,(H,30,33)/t10-,11?,12?,13?,15?/m1/s1. The first-order chi connectivity index (χ1) is 15.4. The van der Waals surface area contributed by atoms with Crippen LogP contribution >= 0.6 is 11.6 Å².